The maximum Gasteiger partial charge on any atom is 0.0775 e. The molecule has 0 unspecified atom stereocenters. The zero-order chi connectivity index (χ0) is 11.4. The fourth-order valence-corrected chi connectivity index (χ4v) is 2.20. The van der Waals surface area contributed by atoms with Crippen LogP contribution < -0.4 is 0 Å². The van der Waals surface area contributed by atoms with Gasteiger partial charge in [0.05, 0.1) is 10.8 Å². The third kappa shape index (κ3) is 3.63. The summed E-state index contributed by atoms with van der Waals surface area (Å²) in [4.78, 5) is 0.876. The smallest absolute Gasteiger partial charge is 0.0775 e. The summed E-state index contributed by atoms with van der Waals surface area (Å²) in [6, 6.07) is 7.84. The third-order valence-electron chi connectivity index (χ3n) is 2.46. The van der Waals surface area contributed by atoms with Crippen molar-refractivity contribution in [3.8, 4) is 0 Å². The van der Waals surface area contributed by atoms with Crippen LogP contribution in [0.4, 0.5) is 0 Å². The molecule has 0 aliphatic rings. The van der Waals surface area contributed by atoms with Crippen molar-refractivity contribution in [2.24, 2.45) is 5.92 Å². The maximum atomic E-state index is 11.9. The Kier molecular flexibility index (Phi) is 4.28. The summed E-state index contributed by atoms with van der Waals surface area (Å²) < 4.78 is 11.9. The molecule has 1 rings (SSSR count). The molecule has 1 aromatic rings. The highest BCUT2D eigenvalue weighted by molar-refractivity contribution is 7.88. The van der Waals surface area contributed by atoms with Gasteiger partial charge in [0, 0.05) is 10.3 Å². The lowest BCUT2D eigenvalue weighted by Gasteiger charge is -2.04. The zero-order valence-electron chi connectivity index (χ0n) is 9.78. The van der Waals surface area contributed by atoms with Crippen LogP contribution in [0.5, 0.6) is 0 Å². The summed E-state index contributed by atoms with van der Waals surface area (Å²) in [5, 5.41) is 1.84. The molecule has 15 heavy (non-hydrogen) atoms. The van der Waals surface area contributed by atoms with Crippen LogP contribution in [0.1, 0.15) is 26.3 Å². The van der Waals surface area contributed by atoms with Crippen LogP contribution in [0, 0.1) is 12.8 Å². The Bertz CT molecular complexity index is 374. The lowest BCUT2D eigenvalue weighted by Crippen LogP contribution is -1.93. The molecule has 0 saturated heterocycles. The van der Waals surface area contributed by atoms with E-state index in [-0.39, 0.29) is 0 Å². The fraction of sp³-hybridized carbons (Fsp3) is 0.385. The van der Waals surface area contributed by atoms with Gasteiger partial charge in [-0.25, -0.2) is 4.21 Å². The molecule has 0 heterocycles. The summed E-state index contributed by atoms with van der Waals surface area (Å²) in [5.41, 5.74) is 2.37. The average Bonchev–Trinajstić information content (AvgIpc) is 2.18. The van der Waals surface area contributed by atoms with E-state index in [9.17, 15) is 4.21 Å². The van der Waals surface area contributed by atoms with Crippen LogP contribution in [0.15, 0.2) is 40.1 Å². The number of benzene rings is 1. The van der Waals surface area contributed by atoms with Crippen LogP contribution >= 0.6 is 0 Å². The van der Waals surface area contributed by atoms with Crippen LogP contribution in [-0.2, 0) is 10.8 Å². The number of rotatable bonds is 3. The molecule has 0 saturated carbocycles. The largest absolute Gasteiger partial charge is 0.250 e. The second kappa shape index (κ2) is 5.26. The van der Waals surface area contributed by atoms with Gasteiger partial charge in [-0.2, -0.15) is 0 Å². The molecule has 0 aliphatic carbocycles. The van der Waals surface area contributed by atoms with Crippen molar-refractivity contribution in [3.05, 3.63) is 40.8 Å². The molecule has 0 fully saturated rings. The first-order chi connectivity index (χ1) is 7.00. The highest BCUT2D eigenvalue weighted by Crippen LogP contribution is 2.14. The lowest BCUT2D eigenvalue weighted by molar-refractivity contribution is 0.687. The SMILES string of the molecule is C/C(=C/[S@@](=O)c1ccc(C)cc1)C(C)C. The van der Waals surface area contributed by atoms with Gasteiger partial charge in [-0.15, -0.1) is 0 Å². The molecule has 0 aliphatic heterocycles. The van der Waals surface area contributed by atoms with Gasteiger partial charge in [0.25, 0.3) is 0 Å². The highest BCUT2D eigenvalue weighted by Gasteiger charge is 2.02. The van der Waals surface area contributed by atoms with Crippen LogP contribution in [-0.4, -0.2) is 4.21 Å². The van der Waals surface area contributed by atoms with Crippen molar-refractivity contribution in [2.75, 3.05) is 0 Å². The van der Waals surface area contributed by atoms with Crippen molar-refractivity contribution < 1.29 is 4.21 Å². The van der Waals surface area contributed by atoms with Crippen LogP contribution in [0.3, 0.4) is 0 Å². The van der Waals surface area contributed by atoms with E-state index in [4.69, 9.17) is 0 Å². The predicted octanol–water partition coefficient (Wildman–Crippen LogP) is 3.66. The van der Waals surface area contributed by atoms with Gasteiger partial charge in [-0.05, 0) is 31.9 Å². The van der Waals surface area contributed by atoms with Gasteiger partial charge >= 0.3 is 0 Å². The van der Waals surface area contributed by atoms with E-state index in [1.54, 1.807) is 0 Å². The molecule has 0 radical (unpaired) electrons. The predicted molar refractivity (Wildman–Crippen MR) is 66.2 cm³/mol. The summed E-state index contributed by atoms with van der Waals surface area (Å²) in [7, 11) is -1.00. The monoisotopic (exact) mass is 222 g/mol. The Morgan fingerprint density at radius 3 is 2.27 bits per heavy atom. The summed E-state index contributed by atoms with van der Waals surface area (Å²) in [6.45, 7) is 8.27. The van der Waals surface area contributed by atoms with E-state index in [0.717, 1.165) is 4.90 Å². The molecule has 1 nitrogen and oxygen atoms in total. The summed E-state index contributed by atoms with van der Waals surface area (Å²) in [5.74, 6) is 0.458. The molecule has 0 aromatic heterocycles. The molecule has 1 atom stereocenters. The van der Waals surface area contributed by atoms with Crippen molar-refractivity contribution >= 4 is 10.8 Å². The number of allylic oxidation sites excluding steroid dienone is 1. The first kappa shape index (κ1) is 12.2. The first-order valence-electron chi connectivity index (χ1n) is 5.16. The quantitative estimate of drug-likeness (QED) is 0.762. The van der Waals surface area contributed by atoms with Gasteiger partial charge in [-0.3, -0.25) is 0 Å². The van der Waals surface area contributed by atoms with Crippen LogP contribution in [0.2, 0.25) is 0 Å². The van der Waals surface area contributed by atoms with Gasteiger partial charge < -0.3 is 0 Å². The Labute approximate surface area is 94.7 Å². The Morgan fingerprint density at radius 2 is 1.80 bits per heavy atom. The van der Waals surface area contributed by atoms with E-state index in [0.29, 0.717) is 5.92 Å². The van der Waals surface area contributed by atoms with Crippen LogP contribution in [0.25, 0.3) is 0 Å². The summed E-state index contributed by atoms with van der Waals surface area (Å²) >= 11 is 0. The Balaban J connectivity index is 2.86. The second-order valence-electron chi connectivity index (χ2n) is 4.13. The minimum absolute atomic E-state index is 0.458. The molecular formula is C13H18OS. The fourth-order valence-electron chi connectivity index (χ4n) is 1.05. The van der Waals surface area contributed by atoms with E-state index in [1.807, 2.05) is 43.5 Å². The zero-order valence-corrected chi connectivity index (χ0v) is 10.6. The Hall–Kier alpha value is -0.890. The summed E-state index contributed by atoms with van der Waals surface area (Å²) in [6.07, 6.45) is 0. The Morgan fingerprint density at radius 1 is 1.27 bits per heavy atom. The van der Waals surface area contributed by atoms with E-state index < -0.39 is 10.8 Å². The van der Waals surface area contributed by atoms with Crippen molar-refractivity contribution in [3.63, 3.8) is 0 Å². The molecule has 0 spiro atoms. The van der Waals surface area contributed by atoms with E-state index >= 15 is 0 Å². The number of aryl methyl sites for hydroxylation is 1. The van der Waals surface area contributed by atoms with Gasteiger partial charge in [0.15, 0.2) is 0 Å². The lowest BCUT2D eigenvalue weighted by atomic mass is 10.1. The molecule has 1 aromatic carbocycles. The molecule has 82 valence electrons. The number of hydrogen-bond donors (Lipinski definition) is 0. The van der Waals surface area contributed by atoms with E-state index in [2.05, 4.69) is 13.8 Å². The normalized spacial score (nSPS) is 14.3. The van der Waals surface area contributed by atoms with Gasteiger partial charge in [-0.1, -0.05) is 37.1 Å². The minimum Gasteiger partial charge on any atom is -0.250 e. The first-order valence-corrected chi connectivity index (χ1v) is 6.37. The van der Waals surface area contributed by atoms with Crippen molar-refractivity contribution in [1.29, 1.82) is 0 Å². The van der Waals surface area contributed by atoms with Crippen molar-refractivity contribution in [2.45, 2.75) is 32.6 Å². The number of hydrogen-bond acceptors (Lipinski definition) is 1. The molecule has 0 amide bonds. The molecular weight excluding hydrogens is 204 g/mol. The van der Waals surface area contributed by atoms with Gasteiger partial charge in [0.2, 0.25) is 0 Å². The standard InChI is InChI=1S/C13H18OS/c1-10(2)12(4)9-15(14)13-7-5-11(3)6-8-13/h5-10H,1-4H3/b12-9-/t15-/m1/s1. The third-order valence-corrected chi connectivity index (χ3v) is 3.78. The topological polar surface area (TPSA) is 17.1 Å². The van der Waals surface area contributed by atoms with Crippen molar-refractivity contribution in [1.82, 2.24) is 0 Å². The molecule has 2 heteroatoms. The molecule has 0 N–H and O–H groups in total. The maximum absolute atomic E-state index is 11.9. The second-order valence-corrected chi connectivity index (χ2v) is 5.43. The minimum atomic E-state index is -1.00. The van der Waals surface area contributed by atoms with Gasteiger partial charge in [0.1, 0.15) is 0 Å². The van der Waals surface area contributed by atoms with E-state index in [1.165, 1.54) is 11.1 Å². The highest BCUT2D eigenvalue weighted by atomic mass is 32.2. The molecule has 0 bridgehead atoms. The average molecular weight is 222 g/mol.